The quantitative estimate of drug-likeness (QED) is 0.935. The van der Waals surface area contributed by atoms with E-state index in [2.05, 4.69) is 4.98 Å². The number of rotatable bonds is 4. The van der Waals surface area contributed by atoms with Crippen LogP contribution in [0.2, 0.25) is 0 Å². The molecule has 0 atom stereocenters. The summed E-state index contributed by atoms with van der Waals surface area (Å²) < 4.78 is 1.68. The van der Waals surface area contributed by atoms with E-state index in [1.54, 1.807) is 35.2 Å². The summed E-state index contributed by atoms with van der Waals surface area (Å²) in [7, 11) is 0. The van der Waals surface area contributed by atoms with Gasteiger partial charge < -0.3 is 9.67 Å². The van der Waals surface area contributed by atoms with E-state index < -0.39 is 5.97 Å². The number of hydrogen-bond donors (Lipinski definition) is 1. The fourth-order valence-electron chi connectivity index (χ4n) is 1.95. The first-order chi connectivity index (χ1) is 9.66. The molecule has 0 aliphatic heterocycles. The molecular formula is C14H12N2O3S. The second-order valence-corrected chi connectivity index (χ2v) is 5.61. The summed E-state index contributed by atoms with van der Waals surface area (Å²) in [6.45, 7) is 0. The van der Waals surface area contributed by atoms with Crippen molar-refractivity contribution >= 4 is 17.7 Å². The van der Waals surface area contributed by atoms with Crippen LogP contribution in [0.4, 0.5) is 0 Å². The van der Waals surface area contributed by atoms with Crippen molar-refractivity contribution in [2.24, 2.45) is 0 Å². The fourth-order valence-corrected chi connectivity index (χ4v) is 2.88. The van der Waals surface area contributed by atoms with Gasteiger partial charge in [0.25, 0.3) is 5.56 Å². The molecule has 1 heterocycles. The molecule has 1 N–H and O–H groups in total. The average Bonchev–Trinajstić information content (AvgIpc) is 3.26. The van der Waals surface area contributed by atoms with Crippen LogP contribution in [0.25, 0.3) is 0 Å². The third-order valence-electron chi connectivity index (χ3n) is 3.10. The minimum absolute atomic E-state index is 0.153. The van der Waals surface area contributed by atoms with Crippen LogP contribution in [0, 0.1) is 0 Å². The normalized spacial score (nSPS) is 14.2. The van der Waals surface area contributed by atoms with Crippen molar-refractivity contribution < 1.29 is 9.90 Å². The van der Waals surface area contributed by atoms with Gasteiger partial charge in [0, 0.05) is 23.3 Å². The first-order valence-corrected chi connectivity index (χ1v) is 7.06. The number of carboxylic acids is 1. The van der Waals surface area contributed by atoms with Gasteiger partial charge in [-0.15, -0.1) is 0 Å². The first kappa shape index (κ1) is 12.9. The molecule has 1 saturated carbocycles. The summed E-state index contributed by atoms with van der Waals surface area (Å²) in [5.41, 5.74) is 0.0284. The van der Waals surface area contributed by atoms with Crippen molar-refractivity contribution in [2.45, 2.75) is 28.8 Å². The Hall–Kier alpha value is -2.08. The zero-order valence-electron chi connectivity index (χ0n) is 10.5. The van der Waals surface area contributed by atoms with Gasteiger partial charge in [-0.25, -0.2) is 9.78 Å². The molecule has 5 nitrogen and oxygen atoms in total. The molecule has 20 heavy (non-hydrogen) atoms. The topological polar surface area (TPSA) is 72.2 Å². The molecule has 1 aromatic heterocycles. The number of carbonyl (C=O) groups is 1. The van der Waals surface area contributed by atoms with E-state index in [1.165, 1.54) is 6.07 Å². The zero-order chi connectivity index (χ0) is 14.1. The maximum absolute atomic E-state index is 12.3. The Labute approximate surface area is 119 Å². The molecule has 102 valence electrons. The van der Waals surface area contributed by atoms with Crippen molar-refractivity contribution in [2.75, 3.05) is 0 Å². The molecule has 0 amide bonds. The maximum atomic E-state index is 12.3. The molecular weight excluding hydrogens is 276 g/mol. The summed E-state index contributed by atoms with van der Waals surface area (Å²) >= 11 is 1.10. The van der Waals surface area contributed by atoms with Crippen molar-refractivity contribution in [3.05, 3.63) is 52.6 Å². The Bertz CT molecular complexity index is 722. The number of aromatic carboxylic acids is 1. The summed E-state index contributed by atoms with van der Waals surface area (Å²) in [6, 6.07) is 6.89. The summed E-state index contributed by atoms with van der Waals surface area (Å²) in [5.74, 6) is -1.01. The Morgan fingerprint density at radius 1 is 1.35 bits per heavy atom. The summed E-state index contributed by atoms with van der Waals surface area (Å²) in [5, 5.41) is 9.46. The summed E-state index contributed by atoms with van der Waals surface area (Å²) in [6.07, 6.45) is 5.30. The van der Waals surface area contributed by atoms with Gasteiger partial charge in [0.15, 0.2) is 5.03 Å². The molecule has 1 aromatic carbocycles. The van der Waals surface area contributed by atoms with E-state index in [9.17, 15) is 9.59 Å². The number of nitrogens with zero attached hydrogens (tertiary/aromatic N) is 2. The minimum atomic E-state index is -1.01. The Morgan fingerprint density at radius 3 is 2.80 bits per heavy atom. The molecule has 3 rings (SSSR count). The maximum Gasteiger partial charge on any atom is 0.336 e. The molecule has 6 heteroatoms. The van der Waals surface area contributed by atoms with Crippen LogP contribution in [-0.2, 0) is 0 Å². The highest BCUT2D eigenvalue weighted by Crippen LogP contribution is 2.34. The third-order valence-corrected chi connectivity index (χ3v) is 4.15. The Kier molecular flexibility index (Phi) is 3.31. The number of hydrogen-bond acceptors (Lipinski definition) is 4. The molecule has 0 saturated heterocycles. The lowest BCUT2D eigenvalue weighted by Gasteiger charge is -2.07. The van der Waals surface area contributed by atoms with Gasteiger partial charge in [-0.1, -0.05) is 23.9 Å². The minimum Gasteiger partial charge on any atom is -0.478 e. The van der Waals surface area contributed by atoms with E-state index in [1.807, 2.05) is 0 Å². The van der Waals surface area contributed by atoms with Crippen LogP contribution >= 0.6 is 11.8 Å². The Balaban J connectivity index is 1.98. The molecule has 1 aliphatic rings. The highest BCUT2D eigenvalue weighted by Gasteiger charge is 2.25. The molecule has 0 spiro atoms. The first-order valence-electron chi connectivity index (χ1n) is 6.24. The van der Waals surface area contributed by atoms with Gasteiger partial charge in [-0.2, -0.15) is 0 Å². The van der Waals surface area contributed by atoms with Gasteiger partial charge in [-0.3, -0.25) is 4.79 Å². The lowest BCUT2D eigenvalue weighted by molar-refractivity contribution is 0.0693. The van der Waals surface area contributed by atoms with Crippen LogP contribution in [0.15, 0.2) is 51.4 Å². The van der Waals surface area contributed by atoms with Gasteiger partial charge in [0.05, 0.1) is 5.56 Å². The SMILES string of the molecule is O=C(O)c1ccccc1Sc1nccn(C2CC2)c1=O. The number of carboxylic acid groups (broad SMARTS) is 1. The second kappa shape index (κ2) is 5.13. The smallest absolute Gasteiger partial charge is 0.336 e. The van der Waals surface area contributed by atoms with Crippen LogP contribution in [-0.4, -0.2) is 20.6 Å². The van der Waals surface area contributed by atoms with Crippen molar-refractivity contribution in [1.82, 2.24) is 9.55 Å². The van der Waals surface area contributed by atoms with Gasteiger partial charge >= 0.3 is 5.97 Å². The Morgan fingerprint density at radius 2 is 2.10 bits per heavy atom. The predicted molar refractivity (Wildman–Crippen MR) is 74.3 cm³/mol. The molecule has 2 aromatic rings. The van der Waals surface area contributed by atoms with Gasteiger partial charge in [0.1, 0.15) is 0 Å². The number of benzene rings is 1. The largest absolute Gasteiger partial charge is 0.478 e. The van der Waals surface area contributed by atoms with E-state index in [-0.39, 0.29) is 17.2 Å². The van der Waals surface area contributed by atoms with Crippen molar-refractivity contribution in [1.29, 1.82) is 0 Å². The van der Waals surface area contributed by atoms with E-state index in [0.717, 1.165) is 24.6 Å². The zero-order valence-corrected chi connectivity index (χ0v) is 11.3. The van der Waals surface area contributed by atoms with Crippen LogP contribution < -0.4 is 5.56 Å². The van der Waals surface area contributed by atoms with Crippen LogP contribution in [0.1, 0.15) is 29.2 Å². The lowest BCUT2D eigenvalue weighted by atomic mass is 10.2. The highest BCUT2D eigenvalue weighted by molar-refractivity contribution is 7.99. The monoisotopic (exact) mass is 288 g/mol. The van der Waals surface area contributed by atoms with Crippen LogP contribution in [0.3, 0.4) is 0 Å². The molecule has 1 aliphatic carbocycles. The summed E-state index contributed by atoms with van der Waals surface area (Å²) in [4.78, 5) is 28.0. The van der Waals surface area contributed by atoms with Gasteiger partial charge in [-0.05, 0) is 25.0 Å². The standard InChI is InChI=1S/C14H12N2O3S/c17-13-12(15-7-8-16(13)9-5-6-9)20-11-4-2-1-3-10(11)14(18)19/h1-4,7-9H,5-6H2,(H,18,19). The number of aromatic nitrogens is 2. The van der Waals surface area contributed by atoms with E-state index in [4.69, 9.17) is 5.11 Å². The second-order valence-electron chi connectivity index (χ2n) is 4.58. The predicted octanol–water partition coefficient (Wildman–Crippen LogP) is 2.43. The van der Waals surface area contributed by atoms with Gasteiger partial charge in [0.2, 0.25) is 0 Å². The lowest BCUT2D eigenvalue weighted by Crippen LogP contribution is -2.21. The third kappa shape index (κ3) is 2.46. The van der Waals surface area contributed by atoms with Crippen molar-refractivity contribution in [3.8, 4) is 0 Å². The van der Waals surface area contributed by atoms with Crippen molar-refractivity contribution in [3.63, 3.8) is 0 Å². The average molecular weight is 288 g/mol. The molecule has 0 bridgehead atoms. The molecule has 1 fully saturated rings. The van der Waals surface area contributed by atoms with E-state index >= 15 is 0 Å². The van der Waals surface area contributed by atoms with E-state index in [0.29, 0.717) is 9.92 Å². The molecule has 0 radical (unpaired) electrons. The highest BCUT2D eigenvalue weighted by atomic mass is 32.2. The van der Waals surface area contributed by atoms with Crippen LogP contribution in [0.5, 0.6) is 0 Å². The molecule has 0 unspecified atom stereocenters. The fraction of sp³-hybridized carbons (Fsp3) is 0.214.